The van der Waals surface area contributed by atoms with Gasteiger partial charge < -0.3 is 4.74 Å². The third-order valence-corrected chi connectivity index (χ3v) is 7.45. The van der Waals surface area contributed by atoms with E-state index in [4.69, 9.17) is 21.3 Å². The molecule has 1 heterocycles. The van der Waals surface area contributed by atoms with E-state index in [1.54, 1.807) is 12.3 Å². The zero-order valence-corrected chi connectivity index (χ0v) is 24.4. The second-order valence-electron chi connectivity index (χ2n) is 8.03. The molecule has 0 fully saturated rings. The number of ether oxygens (including phenoxy) is 1. The van der Waals surface area contributed by atoms with Crippen molar-refractivity contribution in [2.24, 2.45) is 5.10 Å². The summed E-state index contributed by atoms with van der Waals surface area (Å²) < 4.78 is 9.74. The van der Waals surface area contributed by atoms with Gasteiger partial charge in [0.15, 0.2) is 0 Å². The molecule has 0 bridgehead atoms. The van der Waals surface area contributed by atoms with Crippen LogP contribution in [0.3, 0.4) is 0 Å². The second-order valence-corrected chi connectivity index (χ2v) is 11.1. The smallest absolute Gasteiger partial charge is 0.282 e. The van der Waals surface area contributed by atoms with Crippen molar-refractivity contribution in [2.75, 3.05) is 0 Å². The molecule has 35 heavy (non-hydrogen) atoms. The summed E-state index contributed by atoms with van der Waals surface area (Å²) >= 11 is 16.6. The number of hydrogen-bond donors (Lipinski definition) is 0. The van der Waals surface area contributed by atoms with Crippen molar-refractivity contribution in [1.29, 1.82) is 0 Å². The third-order valence-electron chi connectivity index (χ3n) is 5.53. The molecule has 0 radical (unpaired) electrons. The quantitative estimate of drug-likeness (QED) is 0.184. The largest absolute Gasteiger partial charge is 0.487 e. The maximum Gasteiger partial charge on any atom is 0.282 e. The molecule has 0 aliphatic rings. The van der Waals surface area contributed by atoms with Crippen LogP contribution in [-0.4, -0.2) is 15.9 Å². The number of halogens is 4. The molecule has 0 saturated heterocycles. The van der Waals surface area contributed by atoms with Crippen LogP contribution in [-0.2, 0) is 6.61 Å². The SMILES string of the molecule is CC[C@H](C)c1nc2ccc(Br)cc2c(=O)n1N=Cc1cc(Br)c(OCc2ccc(Cl)cc2)c(Br)c1. The van der Waals surface area contributed by atoms with Crippen LogP contribution in [0.25, 0.3) is 10.9 Å². The maximum atomic E-state index is 13.3. The van der Waals surface area contributed by atoms with Crippen molar-refractivity contribution in [3.05, 3.63) is 100 Å². The summed E-state index contributed by atoms with van der Waals surface area (Å²) in [4.78, 5) is 18.1. The highest BCUT2D eigenvalue weighted by Gasteiger charge is 2.16. The van der Waals surface area contributed by atoms with Crippen molar-refractivity contribution in [1.82, 2.24) is 9.66 Å². The molecule has 0 saturated carbocycles. The Hall–Kier alpha value is -2.00. The van der Waals surface area contributed by atoms with Crippen LogP contribution in [0.5, 0.6) is 5.75 Å². The van der Waals surface area contributed by atoms with Gasteiger partial charge in [-0.3, -0.25) is 4.79 Å². The summed E-state index contributed by atoms with van der Waals surface area (Å²) in [6.45, 7) is 4.50. The summed E-state index contributed by atoms with van der Waals surface area (Å²) in [6.07, 6.45) is 2.48. The Bertz CT molecular complexity index is 1450. The molecule has 0 aliphatic carbocycles. The number of fused-ring (bicyclic) bond motifs is 1. The molecule has 9 heteroatoms. The van der Waals surface area contributed by atoms with E-state index in [2.05, 4.69) is 59.8 Å². The fourth-order valence-electron chi connectivity index (χ4n) is 3.43. The first-order valence-corrected chi connectivity index (χ1v) is 13.7. The molecule has 0 unspecified atom stereocenters. The zero-order valence-electron chi connectivity index (χ0n) is 18.9. The van der Waals surface area contributed by atoms with Gasteiger partial charge in [0.05, 0.1) is 26.1 Å². The Labute approximate surface area is 233 Å². The summed E-state index contributed by atoms with van der Waals surface area (Å²) in [5, 5.41) is 5.74. The number of rotatable bonds is 7. The number of aromatic nitrogens is 2. The van der Waals surface area contributed by atoms with Crippen LogP contribution in [0, 0.1) is 0 Å². The lowest BCUT2D eigenvalue weighted by molar-refractivity contribution is 0.302. The third kappa shape index (κ3) is 6.05. The summed E-state index contributed by atoms with van der Waals surface area (Å²) in [7, 11) is 0. The van der Waals surface area contributed by atoms with Crippen LogP contribution in [0.15, 0.2) is 77.9 Å². The second kappa shape index (κ2) is 11.4. The number of hydrogen-bond acceptors (Lipinski definition) is 4. The fourth-order valence-corrected chi connectivity index (χ4v) is 5.37. The van der Waals surface area contributed by atoms with Crippen molar-refractivity contribution < 1.29 is 4.74 Å². The Morgan fingerprint density at radius 1 is 1.09 bits per heavy atom. The van der Waals surface area contributed by atoms with Crippen molar-refractivity contribution in [3.63, 3.8) is 0 Å². The van der Waals surface area contributed by atoms with Gasteiger partial charge in [0.1, 0.15) is 18.2 Å². The summed E-state index contributed by atoms with van der Waals surface area (Å²) in [6, 6.07) is 16.8. The Balaban J connectivity index is 1.66. The van der Waals surface area contributed by atoms with Gasteiger partial charge in [0.25, 0.3) is 5.56 Å². The molecule has 0 N–H and O–H groups in total. The highest BCUT2D eigenvalue weighted by atomic mass is 79.9. The topological polar surface area (TPSA) is 56.5 Å². The lowest BCUT2D eigenvalue weighted by Crippen LogP contribution is -2.23. The molecule has 1 aromatic heterocycles. The van der Waals surface area contributed by atoms with E-state index in [1.807, 2.05) is 55.5 Å². The van der Waals surface area contributed by atoms with E-state index >= 15 is 0 Å². The van der Waals surface area contributed by atoms with E-state index in [0.717, 1.165) is 31.0 Å². The zero-order chi connectivity index (χ0) is 25.1. The minimum absolute atomic E-state index is 0.0648. The maximum absolute atomic E-state index is 13.3. The van der Waals surface area contributed by atoms with Gasteiger partial charge in [-0.25, -0.2) is 4.98 Å². The average Bonchev–Trinajstić information content (AvgIpc) is 2.83. The van der Waals surface area contributed by atoms with E-state index in [-0.39, 0.29) is 11.5 Å². The lowest BCUT2D eigenvalue weighted by atomic mass is 10.1. The molecule has 1 atom stereocenters. The van der Waals surface area contributed by atoms with Crippen LogP contribution in [0.4, 0.5) is 0 Å². The first-order valence-electron chi connectivity index (χ1n) is 10.9. The molecule has 4 aromatic rings. The highest BCUT2D eigenvalue weighted by molar-refractivity contribution is 9.11. The molecule has 4 rings (SSSR count). The number of nitrogens with zero attached hydrogens (tertiary/aromatic N) is 3. The predicted octanol–water partition coefficient (Wildman–Crippen LogP) is 8.31. The standard InChI is InChI=1S/C26H21Br3ClN3O2/c1-3-15(2)25-32-23-9-6-18(27)12-20(23)26(34)33(25)31-13-17-10-21(28)24(22(29)11-17)35-14-16-4-7-19(30)8-5-16/h4-13,15H,3,14H2,1-2H3/t15-/m0/s1. The molecule has 3 aromatic carbocycles. The van der Waals surface area contributed by atoms with Gasteiger partial charge >= 0.3 is 0 Å². The van der Waals surface area contributed by atoms with Crippen molar-refractivity contribution in [3.8, 4) is 5.75 Å². The van der Waals surface area contributed by atoms with E-state index in [9.17, 15) is 4.79 Å². The van der Waals surface area contributed by atoms with Gasteiger partial charge in [-0.2, -0.15) is 9.78 Å². The van der Waals surface area contributed by atoms with E-state index < -0.39 is 0 Å². The van der Waals surface area contributed by atoms with Crippen LogP contribution in [0.1, 0.15) is 43.1 Å². The van der Waals surface area contributed by atoms with Gasteiger partial charge in [0, 0.05) is 15.4 Å². The molecular weight excluding hydrogens is 661 g/mol. The minimum atomic E-state index is -0.205. The molecule has 5 nitrogen and oxygen atoms in total. The van der Waals surface area contributed by atoms with Crippen LogP contribution in [0.2, 0.25) is 5.02 Å². The lowest BCUT2D eigenvalue weighted by Gasteiger charge is -2.14. The Morgan fingerprint density at radius 2 is 1.77 bits per heavy atom. The normalized spacial score (nSPS) is 12.4. The minimum Gasteiger partial charge on any atom is -0.487 e. The monoisotopic (exact) mass is 679 g/mol. The molecule has 0 aliphatic heterocycles. The van der Waals surface area contributed by atoms with Gasteiger partial charge in [0.2, 0.25) is 0 Å². The molecular formula is C26H21Br3ClN3O2. The van der Waals surface area contributed by atoms with Crippen molar-refractivity contribution in [2.45, 2.75) is 32.8 Å². The Kier molecular flexibility index (Phi) is 8.47. The van der Waals surface area contributed by atoms with Crippen molar-refractivity contribution >= 4 is 76.5 Å². The molecule has 180 valence electrons. The van der Waals surface area contributed by atoms with Gasteiger partial charge in [-0.05, 0) is 91.9 Å². The van der Waals surface area contributed by atoms with Gasteiger partial charge in [-0.15, -0.1) is 0 Å². The first-order chi connectivity index (χ1) is 16.8. The van der Waals surface area contributed by atoms with E-state index in [0.29, 0.717) is 34.1 Å². The average molecular weight is 683 g/mol. The number of benzene rings is 3. The fraction of sp³-hybridized carbons (Fsp3) is 0.192. The predicted molar refractivity (Wildman–Crippen MR) is 153 cm³/mol. The van der Waals surface area contributed by atoms with Crippen LogP contribution >= 0.6 is 59.4 Å². The molecule has 0 amide bonds. The molecule has 0 spiro atoms. The summed E-state index contributed by atoms with van der Waals surface area (Å²) in [5.41, 5.74) is 2.25. The van der Waals surface area contributed by atoms with Gasteiger partial charge in [-0.1, -0.05) is 53.5 Å². The first kappa shape index (κ1) is 26.1. The highest BCUT2D eigenvalue weighted by Crippen LogP contribution is 2.35. The summed E-state index contributed by atoms with van der Waals surface area (Å²) in [5.74, 6) is 1.37. The Morgan fingerprint density at radius 3 is 2.43 bits per heavy atom. The van der Waals surface area contributed by atoms with Crippen LogP contribution < -0.4 is 10.3 Å². The van der Waals surface area contributed by atoms with E-state index in [1.165, 1.54) is 4.68 Å².